The van der Waals surface area contributed by atoms with Crippen molar-refractivity contribution in [3.05, 3.63) is 12.2 Å². The molecular formula is C11H22O4. The lowest BCUT2D eigenvalue weighted by Gasteiger charge is -2.11. The fourth-order valence-electron chi connectivity index (χ4n) is 0.520. The molecule has 0 rings (SSSR count). The summed E-state index contributed by atoms with van der Waals surface area (Å²) in [6, 6.07) is 0. The number of rotatable bonds is 5. The van der Waals surface area contributed by atoms with E-state index < -0.39 is 12.3 Å². The van der Waals surface area contributed by atoms with E-state index in [-0.39, 0.29) is 0 Å². The second-order valence-electron chi connectivity index (χ2n) is 2.79. The van der Waals surface area contributed by atoms with Crippen LogP contribution in [0.2, 0.25) is 0 Å². The van der Waals surface area contributed by atoms with E-state index in [1.165, 1.54) is 0 Å². The summed E-state index contributed by atoms with van der Waals surface area (Å²) in [4.78, 5) is 10.8. The van der Waals surface area contributed by atoms with Gasteiger partial charge in [-0.15, -0.1) is 0 Å². The highest BCUT2D eigenvalue weighted by Gasteiger charge is 2.08. The Bertz CT molecular complexity index is 175. The molecule has 0 aromatic carbocycles. The SMILES string of the molecule is C=C(C)C(=O)OC(C)OCC.CCOC. The van der Waals surface area contributed by atoms with Gasteiger partial charge in [-0.25, -0.2) is 4.79 Å². The van der Waals surface area contributed by atoms with Gasteiger partial charge in [0.2, 0.25) is 0 Å². The maximum absolute atomic E-state index is 10.8. The highest BCUT2D eigenvalue weighted by molar-refractivity contribution is 5.86. The van der Waals surface area contributed by atoms with E-state index in [1.807, 2.05) is 13.8 Å². The molecule has 0 N–H and O–H groups in total. The van der Waals surface area contributed by atoms with Crippen LogP contribution in [0.5, 0.6) is 0 Å². The topological polar surface area (TPSA) is 44.8 Å². The summed E-state index contributed by atoms with van der Waals surface area (Å²) in [7, 11) is 1.68. The average Bonchev–Trinajstić information content (AvgIpc) is 2.18. The quantitative estimate of drug-likeness (QED) is 0.403. The summed E-state index contributed by atoms with van der Waals surface area (Å²) in [6.07, 6.45) is -0.482. The van der Waals surface area contributed by atoms with Gasteiger partial charge in [0.15, 0.2) is 6.29 Å². The van der Waals surface area contributed by atoms with Crippen molar-refractivity contribution < 1.29 is 19.0 Å². The number of ether oxygens (including phenoxy) is 3. The number of carbonyl (C=O) groups excluding carboxylic acids is 1. The summed E-state index contributed by atoms with van der Waals surface area (Å²) in [5.41, 5.74) is 0.386. The van der Waals surface area contributed by atoms with Crippen LogP contribution in [0, 0.1) is 0 Å². The molecule has 0 amide bonds. The minimum Gasteiger partial charge on any atom is -0.433 e. The highest BCUT2D eigenvalue weighted by atomic mass is 16.7. The molecule has 4 nitrogen and oxygen atoms in total. The standard InChI is InChI=1S/C8H14O3.C3H8O/c1-5-10-7(4)11-8(9)6(2)3;1-3-4-2/h7H,2,5H2,1,3-4H3;3H2,1-2H3. The first-order chi connectivity index (χ1) is 6.99. The minimum atomic E-state index is -0.482. The van der Waals surface area contributed by atoms with Crippen LogP contribution >= 0.6 is 0 Å². The molecule has 0 saturated carbocycles. The molecule has 0 bridgehead atoms. The maximum atomic E-state index is 10.8. The lowest BCUT2D eigenvalue weighted by Crippen LogP contribution is -2.18. The van der Waals surface area contributed by atoms with Gasteiger partial charge in [0.05, 0.1) is 0 Å². The molecule has 15 heavy (non-hydrogen) atoms. The summed E-state index contributed by atoms with van der Waals surface area (Å²) < 4.78 is 14.3. The zero-order chi connectivity index (χ0) is 12.3. The van der Waals surface area contributed by atoms with Crippen molar-refractivity contribution in [3.63, 3.8) is 0 Å². The first-order valence-electron chi connectivity index (χ1n) is 4.96. The fraction of sp³-hybridized carbons (Fsp3) is 0.727. The van der Waals surface area contributed by atoms with E-state index >= 15 is 0 Å². The smallest absolute Gasteiger partial charge is 0.335 e. The molecule has 0 radical (unpaired) electrons. The third-order valence-electron chi connectivity index (χ3n) is 1.31. The molecule has 0 heterocycles. The molecule has 4 heteroatoms. The van der Waals surface area contributed by atoms with Gasteiger partial charge in [-0.1, -0.05) is 6.58 Å². The molecule has 0 aliphatic rings. The molecule has 0 saturated heterocycles. The van der Waals surface area contributed by atoms with Crippen molar-refractivity contribution in [2.45, 2.75) is 34.0 Å². The van der Waals surface area contributed by atoms with E-state index in [4.69, 9.17) is 9.47 Å². The van der Waals surface area contributed by atoms with Crippen LogP contribution in [0.15, 0.2) is 12.2 Å². The molecule has 0 aromatic rings. The maximum Gasteiger partial charge on any atom is 0.335 e. The van der Waals surface area contributed by atoms with Crippen LogP contribution in [0.3, 0.4) is 0 Å². The summed E-state index contributed by atoms with van der Waals surface area (Å²) in [5, 5.41) is 0. The van der Waals surface area contributed by atoms with Crippen molar-refractivity contribution in [2.24, 2.45) is 0 Å². The lowest BCUT2D eigenvalue weighted by molar-refractivity contribution is -0.168. The largest absolute Gasteiger partial charge is 0.433 e. The van der Waals surface area contributed by atoms with Crippen LogP contribution in [-0.2, 0) is 19.0 Å². The number of carbonyl (C=O) groups is 1. The molecule has 0 spiro atoms. The van der Waals surface area contributed by atoms with Crippen LogP contribution in [0.25, 0.3) is 0 Å². The Hall–Kier alpha value is -0.870. The first kappa shape index (κ1) is 16.6. The van der Waals surface area contributed by atoms with Crippen LogP contribution in [0.4, 0.5) is 0 Å². The van der Waals surface area contributed by atoms with Crippen LogP contribution in [-0.4, -0.2) is 32.6 Å². The van der Waals surface area contributed by atoms with Crippen molar-refractivity contribution >= 4 is 5.97 Å². The Morgan fingerprint density at radius 2 is 1.80 bits per heavy atom. The van der Waals surface area contributed by atoms with E-state index in [2.05, 4.69) is 11.3 Å². The Labute approximate surface area is 92.2 Å². The van der Waals surface area contributed by atoms with Gasteiger partial charge in [-0.3, -0.25) is 0 Å². The monoisotopic (exact) mass is 218 g/mol. The number of hydrogen-bond donors (Lipinski definition) is 0. The second kappa shape index (κ2) is 11.2. The molecule has 0 aliphatic heterocycles. The third kappa shape index (κ3) is 13.1. The van der Waals surface area contributed by atoms with E-state index in [1.54, 1.807) is 21.0 Å². The zero-order valence-corrected chi connectivity index (χ0v) is 10.3. The van der Waals surface area contributed by atoms with Gasteiger partial charge in [0, 0.05) is 25.9 Å². The Morgan fingerprint density at radius 3 is 2.07 bits per heavy atom. The van der Waals surface area contributed by atoms with Gasteiger partial charge < -0.3 is 14.2 Å². The first-order valence-corrected chi connectivity index (χ1v) is 4.96. The Morgan fingerprint density at radius 1 is 1.33 bits per heavy atom. The van der Waals surface area contributed by atoms with Gasteiger partial charge in [-0.2, -0.15) is 0 Å². The third-order valence-corrected chi connectivity index (χ3v) is 1.31. The molecule has 90 valence electrons. The van der Waals surface area contributed by atoms with E-state index in [9.17, 15) is 4.79 Å². The van der Waals surface area contributed by atoms with Crippen molar-refractivity contribution in [3.8, 4) is 0 Å². The van der Waals surface area contributed by atoms with Crippen LogP contribution < -0.4 is 0 Å². The fourth-order valence-corrected chi connectivity index (χ4v) is 0.520. The molecule has 0 aromatic heterocycles. The second-order valence-corrected chi connectivity index (χ2v) is 2.79. The summed E-state index contributed by atoms with van der Waals surface area (Å²) in [6.45, 7) is 11.9. The van der Waals surface area contributed by atoms with Gasteiger partial charge >= 0.3 is 5.97 Å². The predicted octanol–water partition coefficient (Wildman–Crippen LogP) is 2.14. The molecule has 1 atom stereocenters. The number of esters is 1. The highest BCUT2D eigenvalue weighted by Crippen LogP contribution is 1.98. The zero-order valence-electron chi connectivity index (χ0n) is 10.3. The molecule has 0 fully saturated rings. The Balaban J connectivity index is 0. The molecular weight excluding hydrogens is 196 g/mol. The van der Waals surface area contributed by atoms with Crippen LogP contribution in [0.1, 0.15) is 27.7 Å². The molecule has 1 unspecified atom stereocenters. The van der Waals surface area contributed by atoms with Gasteiger partial charge in [0.1, 0.15) is 0 Å². The normalized spacial score (nSPS) is 11.0. The summed E-state index contributed by atoms with van der Waals surface area (Å²) >= 11 is 0. The minimum absolute atomic E-state index is 0.386. The molecule has 0 aliphatic carbocycles. The number of hydrogen-bond acceptors (Lipinski definition) is 4. The van der Waals surface area contributed by atoms with E-state index in [0.29, 0.717) is 12.2 Å². The number of methoxy groups -OCH3 is 1. The van der Waals surface area contributed by atoms with Crippen molar-refractivity contribution in [2.75, 3.05) is 20.3 Å². The summed E-state index contributed by atoms with van der Waals surface area (Å²) in [5.74, 6) is -0.411. The van der Waals surface area contributed by atoms with Gasteiger partial charge in [0.25, 0.3) is 0 Å². The van der Waals surface area contributed by atoms with E-state index in [0.717, 1.165) is 6.61 Å². The lowest BCUT2D eigenvalue weighted by atomic mass is 10.4. The van der Waals surface area contributed by atoms with Crippen molar-refractivity contribution in [1.29, 1.82) is 0 Å². The van der Waals surface area contributed by atoms with Gasteiger partial charge in [-0.05, 0) is 27.7 Å². The average molecular weight is 218 g/mol. The van der Waals surface area contributed by atoms with Crippen molar-refractivity contribution in [1.82, 2.24) is 0 Å². The Kier molecular flexibility index (Phi) is 12.4. The predicted molar refractivity (Wildman–Crippen MR) is 59.5 cm³/mol.